The number of imidazole rings is 1. The highest BCUT2D eigenvalue weighted by molar-refractivity contribution is 5.96. The molecule has 7 nitrogen and oxygen atoms in total. The highest BCUT2D eigenvalue weighted by Gasteiger charge is 2.24. The van der Waals surface area contributed by atoms with Crippen LogP contribution in [0.2, 0.25) is 0 Å². The molecule has 7 heteroatoms. The number of fused-ring (bicyclic) bond motifs is 2. The second kappa shape index (κ2) is 8.50. The van der Waals surface area contributed by atoms with Gasteiger partial charge >= 0.3 is 0 Å². The number of para-hydroxylation sites is 1. The number of ether oxygens (including phenoxy) is 2. The topological polar surface area (TPSA) is 79.1 Å². The van der Waals surface area contributed by atoms with Gasteiger partial charge in [0, 0.05) is 23.7 Å². The van der Waals surface area contributed by atoms with E-state index in [2.05, 4.69) is 58.2 Å². The standard InChI is InChI=1S/C27H26N5O2/c1-17-15-33-18(2)14-32(17)20-11-12-22-23(13-20)29-27(28-22)26-21-9-6-10-24(25(21)30-31-26)34-16-19-7-4-3-5-8-19/h3-13,17-18H,2,14-16H2,1H3,(H,28,29)(H,30,31). The van der Waals surface area contributed by atoms with Crippen LogP contribution in [-0.2, 0) is 11.3 Å². The quantitative estimate of drug-likeness (QED) is 0.387. The smallest absolute Gasteiger partial charge is 0.159 e. The van der Waals surface area contributed by atoms with E-state index in [1.165, 1.54) is 0 Å². The first-order valence-corrected chi connectivity index (χ1v) is 11.5. The predicted octanol–water partition coefficient (Wildman–Crippen LogP) is 5.11. The molecule has 1 radical (unpaired) electrons. The third kappa shape index (κ3) is 3.78. The van der Waals surface area contributed by atoms with E-state index >= 15 is 0 Å². The summed E-state index contributed by atoms with van der Waals surface area (Å²) in [4.78, 5) is 10.6. The van der Waals surface area contributed by atoms with E-state index in [1.807, 2.05) is 42.5 Å². The van der Waals surface area contributed by atoms with E-state index in [9.17, 15) is 0 Å². The molecular formula is C27H26N5O2. The number of hydrogen-bond acceptors (Lipinski definition) is 5. The van der Waals surface area contributed by atoms with Crippen LogP contribution in [0.25, 0.3) is 33.5 Å². The average molecular weight is 453 g/mol. The number of rotatable bonds is 5. The lowest BCUT2D eigenvalue weighted by molar-refractivity contribution is 0.0499. The van der Waals surface area contributed by atoms with Gasteiger partial charge in [0.05, 0.1) is 23.7 Å². The van der Waals surface area contributed by atoms with E-state index in [-0.39, 0.29) is 6.10 Å². The maximum Gasteiger partial charge on any atom is 0.159 e. The summed E-state index contributed by atoms with van der Waals surface area (Å²) in [6.45, 7) is 8.17. The fraction of sp³-hybridized carbons (Fsp3) is 0.222. The van der Waals surface area contributed by atoms with Crippen molar-refractivity contribution in [3.05, 3.63) is 79.2 Å². The van der Waals surface area contributed by atoms with Crippen LogP contribution in [0.5, 0.6) is 5.75 Å². The van der Waals surface area contributed by atoms with E-state index in [0.717, 1.165) is 57.0 Å². The molecule has 3 heterocycles. The van der Waals surface area contributed by atoms with Crippen molar-refractivity contribution in [1.82, 2.24) is 20.2 Å². The minimum Gasteiger partial charge on any atom is -0.487 e. The predicted molar refractivity (Wildman–Crippen MR) is 134 cm³/mol. The number of benzene rings is 3. The normalized spacial score (nSPS) is 18.6. The van der Waals surface area contributed by atoms with Gasteiger partial charge in [-0.25, -0.2) is 4.98 Å². The Morgan fingerprint density at radius 3 is 2.88 bits per heavy atom. The fourth-order valence-corrected chi connectivity index (χ4v) is 4.52. The Kier molecular flexibility index (Phi) is 5.19. The van der Waals surface area contributed by atoms with Crippen LogP contribution in [0.3, 0.4) is 0 Å². The monoisotopic (exact) mass is 452 g/mol. The summed E-state index contributed by atoms with van der Waals surface area (Å²) in [5.74, 6) is 1.49. The van der Waals surface area contributed by atoms with Crippen molar-refractivity contribution in [2.24, 2.45) is 0 Å². The number of nitrogens with zero attached hydrogens (tertiary/aromatic N) is 3. The van der Waals surface area contributed by atoms with Crippen molar-refractivity contribution in [2.45, 2.75) is 25.7 Å². The van der Waals surface area contributed by atoms with Crippen LogP contribution in [0.4, 0.5) is 5.69 Å². The zero-order valence-electron chi connectivity index (χ0n) is 19.0. The van der Waals surface area contributed by atoms with Crippen LogP contribution in [0.1, 0.15) is 12.5 Å². The van der Waals surface area contributed by atoms with Crippen LogP contribution in [0, 0.1) is 6.92 Å². The summed E-state index contributed by atoms with van der Waals surface area (Å²) < 4.78 is 11.8. The van der Waals surface area contributed by atoms with Gasteiger partial charge in [-0.05, 0) is 43.7 Å². The Morgan fingerprint density at radius 2 is 2.00 bits per heavy atom. The molecule has 1 fully saturated rings. The van der Waals surface area contributed by atoms with Crippen LogP contribution in [-0.4, -0.2) is 45.5 Å². The van der Waals surface area contributed by atoms with Crippen molar-refractivity contribution in [3.63, 3.8) is 0 Å². The van der Waals surface area contributed by atoms with Gasteiger partial charge in [0.2, 0.25) is 0 Å². The molecule has 0 saturated carbocycles. The molecule has 0 amide bonds. The van der Waals surface area contributed by atoms with Gasteiger partial charge in [0.15, 0.2) is 5.82 Å². The van der Waals surface area contributed by atoms with Gasteiger partial charge in [-0.3, -0.25) is 5.10 Å². The molecule has 1 saturated heterocycles. The number of nitrogens with one attached hydrogen (secondary N) is 2. The van der Waals surface area contributed by atoms with Crippen molar-refractivity contribution in [3.8, 4) is 17.3 Å². The van der Waals surface area contributed by atoms with Crippen LogP contribution < -0.4 is 9.64 Å². The number of hydrogen-bond donors (Lipinski definition) is 2. The summed E-state index contributed by atoms with van der Waals surface area (Å²) in [6.07, 6.45) is -0.0297. The Balaban J connectivity index is 1.31. The first kappa shape index (κ1) is 20.7. The molecular weight excluding hydrogens is 426 g/mol. The third-order valence-electron chi connectivity index (χ3n) is 6.32. The van der Waals surface area contributed by atoms with Crippen LogP contribution >= 0.6 is 0 Å². The molecule has 171 valence electrons. The number of anilines is 1. The number of H-pyrrole nitrogens is 2. The van der Waals surface area contributed by atoms with E-state index in [4.69, 9.17) is 14.5 Å². The first-order chi connectivity index (χ1) is 16.7. The van der Waals surface area contributed by atoms with Gasteiger partial charge in [0.25, 0.3) is 0 Å². The lowest BCUT2D eigenvalue weighted by Gasteiger charge is -2.38. The van der Waals surface area contributed by atoms with Gasteiger partial charge < -0.3 is 19.4 Å². The van der Waals surface area contributed by atoms with E-state index in [0.29, 0.717) is 19.3 Å². The van der Waals surface area contributed by atoms with Crippen molar-refractivity contribution in [1.29, 1.82) is 0 Å². The molecule has 2 unspecified atom stereocenters. The second-order valence-electron chi connectivity index (χ2n) is 8.77. The largest absolute Gasteiger partial charge is 0.487 e. The minimum absolute atomic E-state index is 0.0297. The highest BCUT2D eigenvalue weighted by atomic mass is 16.5. The second-order valence-corrected chi connectivity index (χ2v) is 8.77. The van der Waals surface area contributed by atoms with E-state index < -0.39 is 0 Å². The van der Waals surface area contributed by atoms with Crippen LogP contribution in [0.15, 0.2) is 66.7 Å². The van der Waals surface area contributed by atoms with Gasteiger partial charge in [-0.1, -0.05) is 42.5 Å². The molecule has 0 aliphatic carbocycles. The Morgan fingerprint density at radius 1 is 1.12 bits per heavy atom. The van der Waals surface area contributed by atoms with Gasteiger partial charge in [-0.2, -0.15) is 5.10 Å². The zero-order valence-corrected chi connectivity index (χ0v) is 19.0. The van der Waals surface area contributed by atoms with Crippen molar-refractivity contribution in [2.75, 3.05) is 18.1 Å². The SMILES string of the molecule is [CH2]C1CN(c2ccc3nc(-c4n[nH]c5c(OCc6ccccc6)cccc45)[nH]c3c2)C(C)CO1. The molecule has 3 aromatic carbocycles. The molecule has 6 rings (SSSR count). The molecule has 2 atom stereocenters. The van der Waals surface area contributed by atoms with Crippen molar-refractivity contribution < 1.29 is 9.47 Å². The number of aromatic amines is 2. The first-order valence-electron chi connectivity index (χ1n) is 11.5. The molecule has 1 aliphatic rings. The minimum atomic E-state index is -0.0297. The summed E-state index contributed by atoms with van der Waals surface area (Å²) in [6, 6.07) is 22.7. The summed E-state index contributed by atoms with van der Waals surface area (Å²) in [7, 11) is 0. The van der Waals surface area contributed by atoms with Gasteiger partial charge in [0.1, 0.15) is 23.6 Å². The average Bonchev–Trinajstić information content (AvgIpc) is 3.48. The molecule has 34 heavy (non-hydrogen) atoms. The molecule has 0 spiro atoms. The molecule has 2 N–H and O–H groups in total. The van der Waals surface area contributed by atoms with Gasteiger partial charge in [-0.15, -0.1) is 0 Å². The lowest BCUT2D eigenvalue weighted by atomic mass is 10.1. The number of aromatic nitrogens is 4. The molecule has 5 aromatic rings. The summed E-state index contributed by atoms with van der Waals surface area (Å²) in [5.41, 5.74) is 5.76. The fourth-order valence-electron chi connectivity index (χ4n) is 4.52. The number of morpholine rings is 1. The molecule has 1 aliphatic heterocycles. The summed E-state index contributed by atoms with van der Waals surface area (Å²) >= 11 is 0. The Bertz CT molecular complexity index is 1440. The third-order valence-corrected chi connectivity index (χ3v) is 6.32. The Hall–Kier alpha value is -3.84. The maximum atomic E-state index is 6.09. The Labute approximate surface area is 197 Å². The molecule has 0 bridgehead atoms. The van der Waals surface area contributed by atoms with E-state index in [1.54, 1.807) is 0 Å². The summed E-state index contributed by atoms with van der Waals surface area (Å²) in [5, 5.41) is 8.69. The zero-order chi connectivity index (χ0) is 23.1. The highest BCUT2D eigenvalue weighted by Crippen LogP contribution is 2.33. The lowest BCUT2D eigenvalue weighted by Crippen LogP contribution is -2.47. The maximum absolute atomic E-state index is 6.09. The molecule has 2 aromatic heterocycles. The van der Waals surface area contributed by atoms with Crippen molar-refractivity contribution >= 4 is 27.6 Å².